The molecule has 31 heavy (non-hydrogen) atoms. The van der Waals surface area contributed by atoms with Crippen LogP contribution in [-0.4, -0.2) is 47.2 Å². The lowest BCUT2D eigenvalue weighted by molar-refractivity contribution is -0.142. The zero-order valence-corrected chi connectivity index (χ0v) is 19.9. The van der Waals surface area contributed by atoms with Crippen molar-refractivity contribution in [1.29, 1.82) is 0 Å². The third-order valence-electron chi connectivity index (χ3n) is 4.61. The van der Waals surface area contributed by atoms with E-state index in [0.29, 0.717) is 11.5 Å². The molecule has 1 aromatic carbocycles. The molecule has 0 fully saturated rings. The Balaban J connectivity index is 1.95. The summed E-state index contributed by atoms with van der Waals surface area (Å²) in [7, 11) is -3.46. The van der Waals surface area contributed by atoms with Crippen LogP contribution in [0.4, 0.5) is 0 Å². The van der Waals surface area contributed by atoms with E-state index in [1.807, 2.05) is 31.4 Å². The number of aryl methyl sites for hydroxylation is 1. The number of esters is 1. The van der Waals surface area contributed by atoms with Crippen LogP contribution < -0.4 is 0 Å². The Morgan fingerprint density at radius 1 is 1.23 bits per heavy atom. The van der Waals surface area contributed by atoms with Crippen molar-refractivity contribution in [2.75, 3.05) is 17.9 Å². The van der Waals surface area contributed by atoms with Crippen LogP contribution in [-0.2, 0) is 32.5 Å². The Hall–Kier alpha value is -2.14. The van der Waals surface area contributed by atoms with Crippen LogP contribution in [0.25, 0.3) is 21.0 Å². The highest BCUT2D eigenvalue weighted by molar-refractivity contribution is 7.98. The number of rotatable bonds is 9. The Bertz CT molecular complexity index is 1180. The van der Waals surface area contributed by atoms with Crippen LogP contribution in [0.2, 0.25) is 0 Å². The largest absolute Gasteiger partial charge is 0.453 e. The first-order valence-corrected chi connectivity index (χ1v) is 13.4. The number of hydrogen-bond acceptors (Lipinski definition) is 8. The Kier molecular flexibility index (Phi) is 7.58. The molecule has 0 amide bonds. The number of sulfone groups is 1. The van der Waals surface area contributed by atoms with Crippen molar-refractivity contribution in [1.82, 2.24) is 9.78 Å². The Morgan fingerprint density at radius 2 is 1.97 bits per heavy atom. The summed E-state index contributed by atoms with van der Waals surface area (Å²) in [5, 5.41) is 13.9. The first kappa shape index (κ1) is 23.5. The van der Waals surface area contributed by atoms with E-state index < -0.39 is 9.84 Å². The fraction of sp³-hybridized carbons (Fsp3) is 0.333. The molecule has 2 aromatic heterocycles. The number of carbonyl (C=O) groups excluding carboxylic acids is 1. The summed E-state index contributed by atoms with van der Waals surface area (Å²) >= 11 is 2.90. The molecular weight excluding hydrogens is 456 g/mol. The van der Waals surface area contributed by atoms with E-state index in [4.69, 9.17) is 4.74 Å². The molecule has 166 valence electrons. The van der Waals surface area contributed by atoms with Gasteiger partial charge < -0.3 is 9.84 Å². The number of aliphatic hydroxyl groups excluding tert-OH is 1. The molecular formula is C21H24N2O5S3. The van der Waals surface area contributed by atoms with Gasteiger partial charge in [-0.2, -0.15) is 5.10 Å². The maximum Gasteiger partial charge on any atom is 0.328 e. The first-order valence-electron chi connectivity index (χ1n) is 9.55. The summed E-state index contributed by atoms with van der Waals surface area (Å²) in [6, 6.07) is 10.8. The van der Waals surface area contributed by atoms with Crippen LogP contribution in [0.1, 0.15) is 18.2 Å². The van der Waals surface area contributed by atoms with Gasteiger partial charge in [0.2, 0.25) is 0 Å². The third-order valence-corrected chi connectivity index (χ3v) is 7.93. The van der Waals surface area contributed by atoms with Crippen LogP contribution >= 0.6 is 23.1 Å². The minimum absolute atomic E-state index is 0.0149. The molecule has 0 spiro atoms. The molecule has 3 rings (SSSR count). The highest BCUT2D eigenvalue weighted by atomic mass is 32.2. The van der Waals surface area contributed by atoms with E-state index >= 15 is 0 Å². The van der Waals surface area contributed by atoms with Gasteiger partial charge in [0.1, 0.15) is 12.5 Å². The molecule has 0 bridgehead atoms. The number of benzene rings is 1. The van der Waals surface area contributed by atoms with Gasteiger partial charge in [-0.1, -0.05) is 19.1 Å². The Labute approximate surface area is 190 Å². The first-order chi connectivity index (χ1) is 14.8. The lowest BCUT2D eigenvalue weighted by Crippen LogP contribution is -2.15. The number of ether oxygens (including phenoxy) is 1. The molecule has 2 heterocycles. The van der Waals surface area contributed by atoms with Crippen LogP contribution in [0.3, 0.4) is 0 Å². The van der Waals surface area contributed by atoms with Crippen LogP contribution in [0.5, 0.6) is 0 Å². The lowest BCUT2D eigenvalue weighted by Gasteiger charge is -2.09. The molecule has 0 atom stereocenters. The topological polar surface area (TPSA) is 98.5 Å². The second-order valence-electron chi connectivity index (χ2n) is 6.80. The van der Waals surface area contributed by atoms with Crippen molar-refractivity contribution < 1.29 is 23.1 Å². The summed E-state index contributed by atoms with van der Waals surface area (Å²) in [5.74, 6) is -0.0984. The maximum absolute atomic E-state index is 12.5. The van der Waals surface area contributed by atoms with Gasteiger partial charge in [-0.05, 0) is 48.6 Å². The summed E-state index contributed by atoms with van der Waals surface area (Å²) in [4.78, 5) is 14.0. The minimum atomic E-state index is -3.46. The molecule has 7 nitrogen and oxygen atoms in total. The van der Waals surface area contributed by atoms with Crippen molar-refractivity contribution in [2.24, 2.45) is 0 Å². The average Bonchev–Trinajstić information content (AvgIpc) is 3.38. The van der Waals surface area contributed by atoms with Crippen molar-refractivity contribution in [2.45, 2.75) is 31.9 Å². The average molecular weight is 481 g/mol. The van der Waals surface area contributed by atoms with E-state index in [1.54, 1.807) is 29.8 Å². The quantitative estimate of drug-likeness (QED) is 0.368. The third kappa shape index (κ3) is 5.38. The Morgan fingerprint density at radius 3 is 2.65 bits per heavy atom. The van der Waals surface area contributed by atoms with Gasteiger partial charge in [-0.3, -0.25) is 9.48 Å². The summed E-state index contributed by atoms with van der Waals surface area (Å²) in [6.07, 6.45) is 1.86. The van der Waals surface area contributed by atoms with E-state index in [2.05, 4.69) is 5.10 Å². The van der Waals surface area contributed by atoms with Gasteiger partial charge in [0, 0.05) is 4.88 Å². The standard InChI is InChI=1S/C21H24N2O5S3/c1-4-31(26,27)20-10-15(5-6-16(20)12-24)18-7-8-19(30-18)17-9-14(2)22-23(17)11-21(25)28-13-29-3/h5-10,24H,4,11-13H2,1-3H3. The van der Waals surface area contributed by atoms with Gasteiger partial charge >= 0.3 is 5.97 Å². The summed E-state index contributed by atoms with van der Waals surface area (Å²) < 4.78 is 31.7. The molecule has 0 aliphatic rings. The number of nitrogens with zero attached hydrogens (tertiary/aromatic N) is 2. The number of thioether (sulfide) groups is 1. The zero-order valence-electron chi connectivity index (χ0n) is 17.5. The van der Waals surface area contributed by atoms with Gasteiger partial charge in [0.15, 0.2) is 9.84 Å². The fourth-order valence-corrected chi connectivity index (χ4v) is 5.49. The van der Waals surface area contributed by atoms with Crippen molar-refractivity contribution in [3.05, 3.63) is 47.7 Å². The normalized spacial score (nSPS) is 11.6. The molecule has 3 aromatic rings. The number of aliphatic hydroxyl groups is 1. The smallest absolute Gasteiger partial charge is 0.328 e. The number of hydrogen-bond donors (Lipinski definition) is 1. The second kappa shape index (κ2) is 9.99. The SMILES string of the molecule is CCS(=O)(=O)c1cc(-c2ccc(-c3cc(C)nn3CC(=O)OCSC)s2)ccc1CO. The molecule has 0 aliphatic heterocycles. The van der Waals surface area contributed by atoms with Gasteiger partial charge in [-0.15, -0.1) is 23.1 Å². The number of thiophene rings is 1. The highest BCUT2D eigenvalue weighted by Gasteiger charge is 2.19. The predicted octanol–water partition coefficient (Wildman–Crippen LogP) is 3.74. The molecule has 0 saturated heterocycles. The van der Waals surface area contributed by atoms with E-state index in [1.165, 1.54) is 23.1 Å². The van der Waals surface area contributed by atoms with Gasteiger partial charge in [-0.25, -0.2) is 8.42 Å². The molecule has 0 radical (unpaired) electrons. The molecule has 1 N–H and O–H groups in total. The highest BCUT2D eigenvalue weighted by Crippen LogP contribution is 2.36. The number of aromatic nitrogens is 2. The lowest BCUT2D eigenvalue weighted by atomic mass is 10.1. The van der Waals surface area contributed by atoms with Crippen molar-refractivity contribution in [3.63, 3.8) is 0 Å². The minimum Gasteiger partial charge on any atom is -0.453 e. The van der Waals surface area contributed by atoms with E-state index in [-0.39, 0.29) is 29.8 Å². The molecule has 0 aliphatic carbocycles. The van der Waals surface area contributed by atoms with Gasteiger partial charge in [0.05, 0.1) is 33.5 Å². The van der Waals surface area contributed by atoms with Crippen molar-refractivity contribution in [3.8, 4) is 21.0 Å². The fourth-order valence-electron chi connectivity index (χ4n) is 3.07. The molecule has 0 unspecified atom stereocenters. The predicted molar refractivity (Wildman–Crippen MR) is 124 cm³/mol. The maximum atomic E-state index is 12.5. The second-order valence-corrected chi connectivity index (χ2v) is 10.9. The van der Waals surface area contributed by atoms with E-state index in [0.717, 1.165) is 26.7 Å². The monoisotopic (exact) mass is 480 g/mol. The van der Waals surface area contributed by atoms with Gasteiger partial charge in [0.25, 0.3) is 0 Å². The van der Waals surface area contributed by atoms with Crippen LogP contribution in [0, 0.1) is 6.92 Å². The van der Waals surface area contributed by atoms with E-state index in [9.17, 15) is 18.3 Å². The molecule has 10 heteroatoms. The summed E-state index contributed by atoms with van der Waals surface area (Å²) in [5.41, 5.74) is 2.72. The summed E-state index contributed by atoms with van der Waals surface area (Å²) in [6.45, 7) is 3.12. The van der Waals surface area contributed by atoms with Crippen LogP contribution in [0.15, 0.2) is 41.3 Å². The molecule has 0 saturated carbocycles. The zero-order chi connectivity index (χ0) is 22.6. The number of carbonyl (C=O) groups is 1. The van der Waals surface area contributed by atoms with Crippen molar-refractivity contribution >= 4 is 38.9 Å².